The molecule has 1 fully saturated rings. The van der Waals surface area contributed by atoms with E-state index < -0.39 is 10.0 Å². The summed E-state index contributed by atoms with van der Waals surface area (Å²) in [4.78, 5) is 2.57. The molecular weight excluding hydrogens is 276 g/mol. The van der Waals surface area contributed by atoms with Crippen molar-refractivity contribution >= 4 is 10.0 Å². The van der Waals surface area contributed by atoms with Gasteiger partial charge in [0.15, 0.2) is 0 Å². The van der Waals surface area contributed by atoms with E-state index in [0.29, 0.717) is 19.0 Å². The Hall–Kier alpha value is -0.920. The van der Waals surface area contributed by atoms with Crippen LogP contribution in [-0.2, 0) is 16.6 Å². The Balaban J connectivity index is 2.01. The van der Waals surface area contributed by atoms with Crippen LogP contribution in [-0.4, -0.2) is 61.1 Å². The lowest BCUT2D eigenvalue weighted by Gasteiger charge is -2.31. The smallest absolute Gasteiger partial charge is 0.245 e. The molecule has 0 atom stereocenters. The molecule has 0 spiro atoms. The summed E-state index contributed by atoms with van der Waals surface area (Å²) in [5.41, 5.74) is 0. The normalized spacial score (nSPS) is 18.8. The fourth-order valence-corrected chi connectivity index (χ4v) is 3.74. The largest absolute Gasteiger partial charge is 0.306 e. The summed E-state index contributed by atoms with van der Waals surface area (Å²) in [6.45, 7) is 5.30. The molecule has 0 N–H and O–H groups in total. The number of nitrogens with zero attached hydrogens (tertiary/aromatic N) is 4. The van der Waals surface area contributed by atoms with E-state index in [-0.39, 0.29) is 4.90 Å². The fraction of sp³-hybridized carbons (Fsp3) is 0.769. The molecule has 2 heterocycles. The Bertz CT molecular complexity index is 532. The molecule has 1 saturated heterocycles. The van der Waals surface area contributed by atoms with Crippen LogP contribution < -0.4 is 0 Å². The molecule has 1 aliphatic rings. The van der Waals surface area contributed by atoms with Gasteiger partial charge in [0.2, 0.25) is 10.0 Å². The van der Waals surface area contributed by atoms with Crippen molar-refractivity contribution < 1.29 is 8.42 Å². The maximum atomic E-state index is 12.5. The highest BCUT2D eigenvalue weighted by Gasteiger charge is 2.26. The fourth-order valence-electron chi connectivity index (χ4n) is 2.54. The van der Waals surface area contributed by atoms with Crippen LogP contribution in [0.5, 0.6) is 0 Å². The molecule has 2 rings (SSSR count). The molecule has 0 aromatic carbocycles. The van der Waals surface area contributed by atoms with Crippen LogP contribution in [0.15, 0.2) is 17.3 Å². The predicted molar refractivity (Wildman–Crippen MR) is 77.9 cm³/mol. The van der Waals surface area contributed by atoms with Gasteiger partial charge in [-0.05, 0) is 45.8 Å². The van der Waals surface area contributed by atoms with Crippen molar-refractivity contribution in [1.82, 2.24) is 19.0 Å². The van der Waals surface area contributed by atoms with E-state index >= 15 is 0 Å². The van der Waals surface area contributed by atoms with E-state index in [2.05, 4.69) is 17.0 Å². The molecule has 1 aromatic rings. The Kier molecular flexibility index (Phi) is 4.82. The highest BCUT2D eigenvalue weighted by molar-refractivity contribution is 7.89. The molecule has 114 valence electrons. The van der Waals surface area contributed by atoms with Gasteiger partial charge in [-0.25, -0.2) is 12.7 Å². The number of hydrogen-bond donors (Lipinski definition) is 0. The van der Waals surface area contributed by atoms with Gasteiger partial charge < -0.3 is 4.90 Å². The van der Waals surface area contributed by atoms with Gasteiger partial charge in [0, 0.05) is 26.3 Å². The van der Waals surface area contributed by atoms with Crippen molar-refractivity contribution in [3.63, 3.8) is 0 Å². The Morgan fingerprint density at radius 2 is 2.05 bits per heavy atom. The van der Waals surface area contributed by atoms with Crippen molar-refractivity contribution in [2.24, 2.45) is 5.92 Å². The van der Waals surface area contributed by atoms with Crippen LogP contribution >= 0.6 is 0 Å². The molecule has 6 nitrogen and oxygen atoms in total. The lowest BCUT2D eigenvalue weighted by atomic mass is 9.97. The minimum atomic E-state index is -3.40. The van der Waals surface area contributed by atoms with Gasteiger partial charge >= 0.3 is 0 Å². The number of aromatic nitrogens is 2. The van der Waals surface area contributed by atoms with Gasteiger partial charge in [-0.3, -0.25) is 4.68 Å². The molecule has 20 heavy (non-hydrogen) atoms. The number of hydrogen-bond acceptors (Lipinski definition) is 4. The first-order valence-corrected chi connectivity index (χ1v) is 8.55. The first-order valence-electron chi connectivity index (χ1n) is 7.10. The average Bonchev–Trinajstić information content (AvgIpc) is 2.90. The van der Waals surface area contributed by atoms with Crippen LogP contribution in [0.2, 0.25) is 0 Å². The molecule has 0 radical (unpaired) electrons. The van der Waals surface area contributed by atoms with Gasteiger partial charge in [-0.15, -0.1) is 0 Å². The van der Waals surface area contributed by atoms with E-state index in [1.807, 2.05) is 6.92 Å². The molecule has 0 amide bonds. The average molecular weight is 300 g/mol. The summed E-state index contributed by atoms with van der Waals surface area (Å²) in [7, 11) is 0.366. The van der Waals surface area contributed by atoms with Gasteiger partial charge in [0.05, 0.1) is 6.20 Å². The molecular formula is C13H24N4O2S. The minimum absolute atomic E-state index is 0.287. The zero-order valence-corrected chi connectivity index (χ0v) is 13.3. The van der Waals surface area contributed by atoms with Gasteiger partial charge in [0.1, 0.15) is 4.90 Å². The number of rotatable bonds is 5. The second-order valence-corrected chi connectivity index (χ2v) is 7.61. The van der Waals surface area contributed by atoms with Gasteiger partial charge in [-0.2, -0.15) is 5.10 Å². The van der Waals surface area contributed by atoms with Crippen molar-refractivity contribution in [3.05, 3.63) is 12.4 Å². The van der Waals surface area contributed by atoms with E-state index in [9.17, 15) is 8.42 Å². The van der Waals surface area contributed by atoms with Crippen LogP contribution in [0.3, 0.4) is 0 Å². The zero-order chi connectivity index (χ0) is 14.8. The summed E-state index contributed by atoms with van der Waals surface area (Å²) in [6.07, 6.45) is 5.15. The standard InChI is InChI=1S/C13H24N4O2S/c1-4-17-11-13(9-14-17)20(18,19)16(3)10-12-5-7-15(2)8-6-12/h9,11-12H,4-8,10H2,1-3H3. The van der Waals surface area contributed by atoms with E-state index in [1.165, 1.54) is 10.5 Å². The first kappa shape index (κ1) is 15.5. The highest BCUT2D eigenvalue weighted by Crippen LogP contribution is 2.20. The molecule has 7 heteroatoms. The lowest BCUT2D eigenvalue weighted by Crippen LogP contribution is -2.37. The Morgan fingerprint density at radius 1 is 1.40 bits per heavy atom. The monoisotopic (exact) mass is 300 g/mol. The van der Waals surface area contributed by atoms with Crippen molar-refractivity contribution in [1.29, 1.82) is 0 Å². The SMILES string of the molecule is CCn1cc(S(=O)(=O)N(C)CC2CCN(C)CC2)cn1. The number of aryl methyl sites for hydroxylation is 1. The Morgan fingerprint density at radius 3 is 2.60 bits per heavy atom. The maximum Gasteiger partial charge on any atom is 0.245 e. The van der Waals surface area contributed by atoms with E-state index in [4.69, 9.17) is 0 Å². The molecule has 0 saturated carbocycles. The predicted octanol–water partition coefficient (Wildman–Crippen LogP) is 0.865. The quantitative estimate of drug-likeness (QED) is 0.809. The second kappa shape index (κ2) is 6.24. The van der Waals surface area contributed by atoms with Crippen molar-refractivity contribution in [2.45, 2.75) is 31.2 Å². The van der Waals surface area contributed by atoms with Crippen molar-refractivity contribution in [2.75, 3.05) is 33.7 Å². The molecule has 0 unspecified atom stereocenters. The van der Waals surface area contributed by atoms with E-state index in [0.717, 1.165) is 25.9 Å². The summed E-state index contributed by atoms with van der Waals surface area (Å²) in [6, 6.07) is 0. The summed E-state index contributed by atoms with van der Waals surface area (Å²) >= 11 is 0. The van der Waals surface area contributed by atoms with Crippen molar-refractivity contribution in [3.8, 4) is 0 Å². The molecule has 0 bridgehead atoms. The second-order valence-electron chi connectivity index (χ2n) is 5.56. The first-order chi connectivity index (χ1) is 9.43. The maximum absolute atomic E-state index is 12.5. The zero-order valence-electron chi connectivity index (χ0n) is 12.5. The number of likely N-dealkylation sites (tertiary alicyclic amines) is 1. The van der Waals surface area contributed by atoms with Crippen LogP contribution in [0.1, 0.15) is 19.8 Å². The number of piperidine rings is 1. The lowest BCUT2D eigenvalue weighted by molar-refractivity contribution is 0.202. The van der Waals surface area contributed by atoms with Crippen LogP contribution in [0, 0.1) is 5.92 Å². The Labute approximate surface area is 121 Å². The topological polar surface area (TPSA) is 58.4 Å². The van der Waals surface area contributed by atoms with Crippen LogP contribution in [0.4, 0.5) is 0 Å². The van der Waals surface area contributed by atoms with E-state index in [1.54, 1.807) is 17.9 Å². The summed E-state index contributed by atoms with van der Waals surface area (Å²) in [5, 5.41) is 4.04. The third-order valence-electron chi connectivity index (χ3n) is 4.00. The summed E-state index contributed by atoms with van der Waals surface area (Å²) < 4.78 is 28.0. The summed E-state index contributed by atoms with van der Waals surface area (Å²) in [5.74, 6) is 0.451. The highest BCUT2D eigenvalue weighted by atomic mass is 32.2. The minimum Gasteiger partial charge on any atom is -0.306 e. The molecule has 1 aromatic heterocycles. The third kappa shape index (κ3) is 3.39. The third-order valence-corrected chi connectivity index (χ3v) is 5.77. The number of sulfonamides is 1. The van der Waals surface area contributed by atoms with Crippen LogP contribution in [0.25, 0.3) is 0 Å². The van der Waals surface area contributed by atoms with Gasteiger partial charge in [0.25, 0.3) is 0 Å². The molecule has 1 aliphatic heterocycles. The molecule has 0 aliphatic carbocycles. The van der Waals surface area contributed by atoms with Gasteiger partial charge in [-0.1, -0.05) is 0 Å².